The van der Waals surface area contributed by atoms with Crippen LogP contribution in [0.15, 0.2) is 54.5 Å². The number of benzene rings is 1. The van der Waals surface area contributed by atoms with Crippen LogP contribution in [-0.4, -0.2) is 36.1 Å². The summed E-state index contributed by atoms with van der Waals surface area (Å²) in [5, 5.41) is 23.9. The molecule has 1 atom stereocenters. The van der Waals surface area contributed by atoms with Crippen molar-refractivity contribution in [2.75, 3.05) is 19.0 Å². The molecular formula is C22H21F2N5O. The van der Waals surface area contributed by atoms with Crippen LogP contribution >= 0.6 is 0 Å². The van der Waals surface area contributed by atoms with Crippen LogP contribution in [0.1, 0.15) is 18.4 Å². The maximum atomic E-state index is 14.3. The van der Waals surface area contributed by atoms with E-state index in [-0.39, 0.29) is 18.7 Å². The highest BCUT2D eigenvalue weighted by molar-refractivity contribution is 5.71. The van der Waals surface area contributed by atoms with E-state index in [0.29, 0.717) is 34.9 Å². The van der Waals surface area contributed by atoms with Crippen molar-refractivity contribution in [3.05, 3.63) is 60.1 Å². The molecule has 1 aliphatic heterocycles. The Morgan fingerprint density at radius 1 is 1.30 bits per heavy atom. The van der Waals surface area contributed by atoms with Gasteiger partial charge in [-0.05, 0) is 55.5 Å². The molecule has 1 fully saturated rings. The van der Waals surface area contributed by atoms with Gasteiger partial charge < -0.3 is 15.4 Å². The molecular weight excluding hydrogens is 388 g/mol. The number of hydrogen-bond donors (Lipinski definition) is 2. The van der Waals surface area contributed by atoms with E-state index in [1.54, 1.807) is 42.6 Å². The fourth-order valence-corrected chi connectivity index (χ4v) is 4.12. The Kier molecular flexibility index (Phi) is 5.36. The van der Waals surface area contributed by atoms with Gasteiger partial charge in [-0.25, -0.2) is 8.78 Å². The van der Waals surface area contributed by atoms with Gasteiger partial charge in [0.1, 0.15) is 29.6 Å². The quantitative estimate of drug-likeness (QED) is 0.753. The van der Waals surface area contributed by atoms with E-state index in [0.717, 1.165) is 0 Å². The molecule has 2 aliphatic rings. The molecule has 8 heteroatoms. The van der Waals surface area contributed by atoms with E-state index in [4.69, 9.17) is 4.74 Å². The number of dihydropyridines is 1. The third-order valence-corrected chi connectivity index (χ3v) is 5.66. The molecule has 0 spiro atoms. The van der Waals surface area contributed by atoms with E-state index in [9.17, 15) is 14.0 Å². The van der Waals surface area contributed by atoms with Crippen LogP contribution < -0.4 is 15.4 Å². The van der Waals surface area contributed by atoms with Crippen molar-refractivity contribution >= 4 is 5.82 Å². The molecule has 0 radical (unpaired) electrons. The molecule has 2 N–H and O–H groups in total. The molecule has 0 saturated heterocycles. The summed E-state index contributed by atoms with van der Waals surface area (Å²) in [5.74, 6) is 0.653. The molecule has 2 heterocycles. The zero-order valence-corrected chi connectivity index (χ0v) is 16.4. The Morgan fingerprint density at radius 3 is 2.77 bits per heavy atom. The summed E-state index contributed by atoms with van der Waals surface area (Å²) in [4.78, 5) is 0. The Hall–Kier alpha value is -3.47. The van der Waals surface area contributed by atoms with Crippen LogP contribution in [0.3, 0.4) is 0 Å². The maximum absolute atomic E-state index is 14.3. The normalized spacial score (nSPS) is 24.8. The predicted molar refractivity (Wildman–Crippen MR) is 109 cm³/mol. The summed E-state index contributed by atoms with van der Waals surface area (Å²) in [5.41, 5.74) is 1.06. The van der Waals surface area contributed by atoms with Gasteiger partial charge in [0.05, 0.1) is 24.4 Å². The summed E-state index contributed by atoms with van der Waals surface area (Å²) in [6.45, 7) is 0.363. The third kappa shape index (κ3) is 3.59. The second-order valence-electron chi connectivity index (χ2n) is 7.53. The first-order chi connectivity index (χ1) is 14.6. The lowest BCUT2D eigenvalue weighted by Gasteiger charge is -2.49. The Balaban J connectivity index is 1.50. The van der Waals surface area contributed by atoms with Gasteiger partial charge in [0, 0.05) is 17.5 Å². The second-order valence-corrected chi connectivity index (χ2v) is 7.53. The summed E-state index contributed by atoms with van der Waals surface area (Å²) >= 11 is 0. The van der Waals surface area contributed by atoms with E-state index in [2.05, 4.69) is 26.9 Å². The van der Waals surface area contributed by atoms with Crippen molar-refractivity contribution in [3.63, 3.8) is 0 Å². The molecule has 2 aromatic rings. The van der Waals surface area contributed by atoms with Crippen LogP contribution in [0.25, 0.3) is 11.3 Å². The molecule has 1 unspecified atom stereocenters. The third-order valence-electron chi connectivity index (χ3n) is 5.66. The van der Waals surface area contributed by atoms with E-state index >= 15 is 0 Å². The largest absolute Gasteiger partial charge is 0.495 e. The summed E-state index contributed by atoms with van der Waals surface area (Å²) < 4.78 is 33.4. The van der Waals surface area contributed by atoms with Gasteiger partial charge in [-0.1, -0.05) is 6.07 Å². The molecule has 1 aliphatic carbocycles. The zero-order valence-electron chi connectivity index (χ0n) is 16.4. The Bertz CT molecular complexity index is 1020. The first-order valence-corrected chi connectivity index (χ1v) is 9.64. The average Bonchev–Trinajstić information content (AvgIpc) is 2.76. The minimum atomic E-state index is -0.930. The molecule has 0 bridgehead atoms. The summed E-state index contributed by atoms with van der Waals surface area (Å²) in [6.07, 6.45) is 4.30. The van der Waals surface area contributed by atoms with Gasteiger partial charge in [-0.15, -0.1) is 10.2 Å². The first-order valence-electron chi connectivity index (χ1n) is 9.64. The molecule has 1 aromatic carbocycles. The topological polar surface area (TPSA) is 82.9 Å². The SMILES string of the molecule is COc1c(C#N)cccc1-c1ccc(NCC2(C3NC=CC=C3F)CC(F)C2)nn1. The number of hydrogen-bond acceptors (Lipinski definition) is 6. The molecule has 1 aromatic heterocycles. The Labute approximate surface area is 173 Å². The summed E-state index contributed by atoms with van der Waals surface area (Å²) in [7, 11) is 1.50. The minimum absolute atomic E-state index is 0.274. The molecule has 0 amide bonds. The van der Waals surface area contributed by atoms with Crippen molar-refractivity contribution < 1.29 is 13.5 Å². The average molecular weight is 409 g/mol. The number of ether oxygens (including phenoxy) is 1. The molecule has 1 saturated carbocycles. The van der Waals surface area contributed by atoms with Gasteiger partial charge in [-0.2, -0.15) is 5.26 Å². The van der Waals surface area contributed by atoms with Crippen LogP contribution in [0.5, 0.6) is 5.75 Å². The molecule has 154 valence electrons. The van der Waals surface area contributed by atoms with E-state index in [1.807, 2.05) is 0 Å². The highest BCUT2D eigenvalue weighted by Gasteiger charge is 2.51. The number of nitriles is 1. The number of aromatic nitrogens is 2. The van der Waals surface area contributed by atoms with Crippen LogP contribution in [-0.2, 0) is 0 Å². The standard InChI is InChI=1S/C22H21F2N5O/c1-30-20-14(12-25)4-2-5-16(20)18-7-8-19(29-28-18)27-13-22(10-15(23)11-22)21-17(24)6-3-9-26-21/h2-9,15,21,26H,10-11,13H2,1H3,(H,27,29). The van der Waals surface area contributed by atoms with Gasteiger partial charge in [0.25, 0.3) is 0 Å². The number of nitrogens with one attached hydrogen (secondary N) is 2. The molecule has 30 heavy (non-hydrogen) atoms. The van der Waals surface area contributed by atoms with Gasteiger partial charge in [-0.3, -0.25) is 0 Å². The molecule has 6 nitrogen and oxygen atoms in total. The lowest BCUT2D eigenvalue weighted by Crippen LogP contribution is -2.57. The fraction of sp³-hybridized carbons (Fsp3) is 0.318. The number of nitrogens with zero attached hydrogens (tertiary/aromatic N) is 3. The summed E-state index contributed by atoms with van der Waals surface area (Å²) in [6, 6.07) is 10.3. The van der Waals surface area contributed by atoms with Crippen molar-refractivity contribution in [2.24, 2.45) is 5.41 Å². The lowest BCUT2D eigenvalue weighted by molar-refractivity contribution is 0.0104. The monoisotopic (exact) mass is 409 g/mol. The lowest BCUT2D eigenvalue weighted by atomic mass is 9.62. The minimum Gasteiger partial charge on any atom is -0.495 e. The van der Waals surface area contributed by atoms with Crippen molar-refractivity contribution in [1.82, 2.24) is 15.5 Å². The number of allylic oxidation sites excluding steroid dienone is 2. The zero-order chi connectivity index (χ0) is 21.1. The number of halogens is 2. The van der Waals surface area contributed by atoms with Gasteiger partial charge in [0.15, 0.2) is 0 Å². The number of para-hydroxylation sites is 1. The van der Waals surface area contributed by atoms with Crippen molar-refractivity contribution in [2.45, 2.75) is 25.1 Å². The smallest absolute Gasteiger partial charge is 0.148 e. The predicted octanol–water partition coefficient (Wildman–Crippen LogP) is 3.89. The van der Waals surface area contributed by atoms with Crippen molar-refractivity contribution in [3.8, 4) is 23.1 Å². The maximum Gasteiger partial charge on any atom is 0.148 e. The van der Waals surface area contributed by atoms with Gasteiger partial charge >= 0.3 is 0 Å². The van der Waals surface area contributed by atoms with Crippen LogP contribution in [0.2, 0.25) is 0 Å². The van der Waals surface area contributed by atoms with Crippen LogP contribution in [0, 0.1) is 16.7 Å². The fourth-order valence-electron chi connectivity index (χ4n) is 4.12. The first kappa shape index (κ1) is 19.8. The number of alkyl halides is 1. The number of rotatable bonds is 6. The number of anilines is 1. The second kappa shape index (κ2) is 8.11. The van der Waals surface area contributed by atoms with E-state index < -0.39 is 17.6 Å². The Morgan fingerprint density at radius 2 is 2.13 bits per heavy atom. The van der Waals surface area contributed by atoms with Gasteiger partial charge in [0.2, 0.25) is 0 Å². The van der Waals surface area contributed by atoms with Crippen molar-refractivity contribution in [1.29, 1.82) is 5.26 Å². The van der Waals surface area contributed by atoms with E-state index in [1.165, 1.54) is 13.2 Å². The highest BCUT2D eigenvalue weighted by atomic mass is 19.1. The number of methoxy groups -OCH3 is 1. The molecule has 4 rings (SSSR count). The van der Waals surface area contributed by atoms with Crippen LogP contribution in [0.4, 0.5) is 14.6 Å². The highest BCUT2D eigenvalue weighted by Crippen LogP contribution is 2.48.